The number of carbonyl (C=O) groups excluding carboxylic acids is 1. The van der Waals surface area contributed by atoms with Crippen LogP contribution in [0.15, 0.2) is 17.6 Å². The second-order valence-corrected chi connectivity index (χ2v) is 4.32. The monoisotopic (exact) mass is 261 g/mol. The smallest absolute Gasteiger partial charge is 0.273 e. The first-order valence-electron chi connectivity index (χ1n) is 3.91. The molecule has 0 radical (unpaired) electrons. The zero-order valence-corrected chi connectivity index (χ0v) is 9.58. The Hall–Kier alpha value is -1.04. The molecule has 2 heterocycles. The first-order valence-corrected chi connectivity index (χ1v) is 5.55. The van der Waals surface area contributed by atoms with Crippen LogP contribution in [0.25, 0.3) is 0 Å². The molecule has 78 valence electrons. The molecule has 0 aromatic carbocycles. The van der Waals surface area contributed by atoms with E-state index >= 15 is 0 Å². The van der Waals surface area contributed by atoms with Gasteiger partial charge < -0.3 is 4.98 Å². The number of hydrogen-bond donors (Lipinski definition) is 2. The number of halogens is 2. The number of aromatic amines is 1. The summed E-state index contributed by atoms with van der Waals surface area (Å²) in [5.41, 5.74) is 0.306. The number of nitrogens with zero attached hydrogens (tertiary/aromatic N) is 1. The van der Waals surface area contributed by atoms with Crippen LogP contribution in [-0.4, -0.2) is 15.9 Å². The van der Waals surface area contributed by atoms with Gasteiger partial charge in [0.05, 0.1) is 5.02 Å². The molecule has 0 saturated carbocycles. The fraction of sp³-hybridized carbons (Fsp3) is 0. The second kappa shape index (κ2) is 4.22. The molecule has 1 amide bonds. The summed E-state index contributed by atoms with van der Waals surface area (Å²) in [5, 5.41) is 5.47. The molecule has 2 rings (SSSR count). The van der Waals surface area contributed by atoms with Gasteiger partial charge in [0.25, 0.3) is 5.91 Å². The SMILES string of the molecule is O=C(Nc1nccs1)c1cc(Cl)c(Cl)[nH]1. The zero-order chi connectivity index (χ0) is 10.8. The summed E-state index contributed by atoms with van der Waals surface area (Å²) in [6, 6.07) is 1.47. The standard InChI is InChI=1S/C8H5Cl2N3OS/c9-4-3-5(12-6(4)10)7(14)13-8-11-1-2-15-8/h1-3,12H,(H,11,13,14). The van der Waals surface area contributed by atoms with Gasteiger partial charge in [0.1, 0.15) is 10.8 Å². The highest BCUT2D eigenvalue weighted by atomic mass is 35.5. The van der Waals surface area contributed by atoms with E-state index < -0.39 is 0 Å². The molecule has 0 aliphatic carbocycles. The molecule has 2 N–H and O–H groups in total. The number of H-pyrrole nitrogens is 1. The van der Waals surface area contributed by atoms with Crippen LogP contribution in [0.3, 0.4) is 0 Å². The summed E-state index contributed by atoms with van der Waals surface area (Å²) in [4.78, 5) is 18.2. The van der Waals surface area contributed by atoms with Crippen molar-refractivity contribution in [1.29, 1.82) is 0 Å². The third kappa shape index (κ3) is 2.31. The lowest BCUT2D eigenvalue weighted by Crippen LogP contribution is -2.11. The second-order valence-electron chi connectivity index (χ2n) is 2.64. The average molecular weight is 262 g/mol. The van der Waals surface area contributed by atoms with E-state index in [-0.39, 0.29) is 11.1 Å². The van der Waals surface area contributed by atoms with Crippen LogP contribution in [0.4, 0.5) is 5.13 Å². The van der Waals surface area contributed by atoms with Gasteiger partial charge in [0.2, 0.25) is 0 Å². The van der Waals surface area contributed by atoms with Crippen molar-refractivity contribution in [3.63, 3.8) is 0 Å². The summed E-state index contributed by atoms with van der Waals surface area (Å²) in [6.45, 7) is 0. The van der Waals surface area contributed by atoms with Crippen molar-refractivity contribution in [1.82, 2.24) is 9.97 Å². The molecule has 0 aliphatic rings. The average Bonchev–Trinajstić information content (AvgIpc) is 2.78. The number of thiazole rings is 1. The third-order valence-corrected chi connectivity index (χ3v) is 3.00. The van der Waals surface area contributed by atoms with Crippen LogP contribution < -0.4 is 5.32 Å². The molecule has 4 nitrogen and oxygen atoms in total. The van der Waals surface area contributed by atoms with E-state index in [0.717, 1.165) is 0 Å². The first-order chi connectivity index (χ1) is 7.16. The molecule has 2 aromatic rings. The van der Waals surface area contributed by atoms with Crippen LogP contribution in [0, 0.1) is 0 Å². The van der Waals surface area contributed by atoms with Crippen molar-refractivity contribution >= 4 is 45.6 Å². The topological polar surface area (TPSA) is 57.8 Å². The molecule has 15 heavy (non-hydrogen) atoms. The molecule has 0 atom stereocenters. The summed E-state index contributed by atoms with van der Waals surface area (Å²) < 4.78 is 0. The number of carbonyl (C=O) groups is 1. The predicted molar refractivity (Wildman–Crippen MR) is 60.9 cm³/mol. The van der Waals surface area contributed by atoms with Gasteiger partial charge in [-0.05, 0) is 6.07 Å². The minimum atomic E-state index is -0.321. The van der Waals surface area contributed by atoms with E-state index in [4.69, 9.17) is 23.2 Å². The third-order valence-electron chi connectivity index (χ3n) is 1.62. The lowest BCUT2D eigenvalue weighted by Gasteiger charge is -1.97. The molecule has 0 spiro atoms. The van der Waals surface area contributed by atoms with Crippen molar-refractivity contribution in [2.45, 2.75) is 0 Å². The van der Waals surface area contributed by atoms with Crippen molar-refractivity contribution in [2.24, 2.45) is 0 Å². The van der Waals surface area contributed by atoms with Crippen LogP contribution in [0.5, 0.6) is 0 Å². The molecule has 0 saturated heterocycles. The molecule has 0 bridgehead atoms. The quantitative estimate of drug-likeness (QED) is 0.873. The molecule has 0 unspecified atom stereocenters. The Morgan fingerprint density at radius 2 is 2.33 bits per heavy atom. The van der Waals surface area contributed by atoms with Crippen molar-refractivity contribution in [2.75, 3.05) is 5.32 Å². The summed E-state index contributed by atoms with van der Waals surface area (Å²) >= 11 is 12.7. The number of nitrogens with one attached hydrogen (secondary N) is 2. The van der Waals surface area contributed by atoms with Gasteiger partial charge in [-0.3, -0.25) is 10.1 Å². The fourth-order valence-electron chi connectivity index (χ4n) is 0.976. The van der Waals surface area contributed by atoms with E-state index in [1.807, 2.05) is 0 Å². The van der Waals surface area contributed by atoms with E-state index in [2.05, 4.69) is 15.3 Å². The Kier molecular flexibility index (Phi) is 2.95. The van der Waals surface area contributed by atoms with Gasteiger partial charge in [-0.15, -0.1) is 11.3 Å². The van der Waals surface area contributed by atoms with Gasteiger partial charge in [-0.1, -0.05) is 23.2 Å². The van der Waals surface area contributed by atoms with E-state index in [0.29, 0.717) is 15.8 Å². The van der Waals surface area contributed by atoms with E-state index in [1.54, 1.807) is 11.6 Å². The van der Waals surface area contributed by atoms with Gasteiger partial charge >= 0.3 is 0 Å². The van der Waals surface area contributed by atoms with Gasteiger partial charge in [-0.25, -0.2) is 4.98 Å². The minimum absolute atomic E-state index is 0.251. The summed E-state index contributed by atoms with van der Waals surface area (Å²) in [7, 11) is 0. The molecule has 0 aliphatic heterocycles. The highest BCUT2D eigenvalue weighted by Gasteiger charge is 2.12. The Bertz CT molecular complexity index is 461. The first kappa shape index (κ1) is 10.5. The number of rotatable bonds is 2. The van der Waals surface area contributed by atoms with E-state index in [9.17, 15) is 4.79 Å². The zero-order valence-electron chi connectivity index (χ0n) is 7.25. The van der Waals surface area contributed by atoms with Crippen molar-refractivity contribution in [3.05, 3.63) is 33.5 Å². The number of aromatic nitrogens is 2. The summed E-state index contributed by atoms with van der Waals surface area (Å²) in [5.74, 6) is -0.321. The van der Waals surface area contributed by atoms with Crippen molar-refractivity contribution in [3.8, 4) is 0 Å². The summed E-state index contributed by atoms with van der Waals surface area (Å²) in [6.07, 6.45) is 1.61. The minimum Gasteiger partial charge on any atom is -0.340 e. The van der Waals surface area contributed by atoms with Crippen LogP contribution in [-0.2, 0) is 0 Å². The molecule has 7 heteroatoms. The predicted octanol–water partition coefficient (Wildman–Crippen LogP) is 3.03. The molecule has 2 aromatic heterocycles. The normalized spacial score (nSPS) is 10.3. The Morgan fingerprint density at radius 1 is 1.53 bits per heavy atom. The maximum Gasteiger partial charge on any atom is 0.273 e. The van der Waals surface area contributed by atoms with Gasteiger partial charge in [0, 0.05) is 11.6 Å². The molecular formula is C8H5Cl2N3OS. The van der Waals surface area contributed by atoms with Crippen molar-refractivity contribution < 1.29 is 4.79 Å². The van der Waals surface area contributed by atoms with E-state index in [1.165, 1.54) is 17.4 Å². The molecule has 0 fully saturated rings. The number of anilines is 1. The highest BCUT2D eigenvalue weighted by Crippen LogP contribution is 2.22. The fourth-order valence-corrected chi connectivity index (χ4v) is 1.81. The van der Waals surface area contributed by atoms with Crippen LogP contribution in [0.1, 0.15) is 10.5 Å². The Balaban J connectivity index is 2.15. The lowest BCUT2D eigenvalue weighted by molar-refractivity contribution is 0.102. The number of hydrogen-bond acceptors (Lipinski definition) is 3. The highest BCUT2D eigenvalue weighted by molar-refractivity contribution is 7.13. The maximum absolute atomic E-state index is 11.6. The molecular weight excluding hydrogens is 257 g/mol. The number of amides is 1. The maximum atomic E-state index is 11.6. The Morgan fingerprint density at radius 3 is 2.87 bits per heavy atom. The van der Waals surface area contributed by atoms with Crippen LogP contribution in [0.2, 0.25) is 10.2 Å². The van der Waals surface area contributed by atoms with Crippen LogP contribution >= 0.6 is 34.5 Å². The van der Waals surface area contributed by atoms with Gasteiger partial charge in [0.15, 0.2) is 5.13 Å². The lowest BCUT2D eigenvalue weighted by atomic mass is 10.4. The Labute approximate surface area is 99.2 Å². The largest absolute Gasteiger partial charge is 0.340 e. The van der Waals surface area contributed by atoms with Gasteiger partial charge in [-0.2, -0.15) is 0 Å².